The van der Waals surface area contributed by atoms with E-state index in [1.54, 1.807) is 0 Å². The zero-order valence-electron chi connectivity index (χ0n) is 12.0. The minimum absolute atomic E-state index is 0.00625. The lowest BCUT2D eigenvalue weighted by Crippen LogP contribution is -2.37. The minimum Gasteiger partial charge on any atom is -0.347 e. The molecule has 2 aromatic rings. The van der Waals surface area contributed by atoms with E-state index in [9.17, 15) is 22.8 Å². The number of carbonyl (C=O) groups is 2. The van der Waals surface area contributed by atoms with Gasteiger partial charge in [0.25, 0.3) is 0 Å². The van der Waals surface area contributed by atoms with Crippen LogP contribution in [0.25, 0.3) is 0 Å². The van der Waals surface area contributed by atoms with Crippen LogP contribution in [0.15, 0.2) is 29.6 Å². The van der Waals surface area contributed by atoms with Gasteiger partial charge in [-0.2, -0.15) is 0 Å². The van der Waals surface area contributed by atoms with Crippen LogP contribution in [0.5, 0.6) is 0 Å². The Morgan fingerprint density at radius 3 is 2.52 bits per heavy atom. The second kappa shape index (κ2) is 7.28. The van der Waals surface area contributed by atoms with Crippen molar-refractivity contribution < 1.29 is 22.8 Å². The van der Waals surface area contributed by atoms with Crippen LogP contribution in [0.4, 0.5) is 18.9 Å². The standard InChI is InChI=1S/C15H13F3N2O2S/c1-8(11-3-2-6-23-11)7-19-14(21)15(22)20-10-5-4-9(16)12(17)13(10)18/h2-6,8H,7H2,1H3,(H,19,21)(H,20,22). The lowest BCUT2D eigenvalue weighted by Gasteiger charge is -2.11. The van der Waals surface area contributed by atoms with E-state index in [1.165, 1.54) is 11.3 Å². The molecule has 1 aromatic heterocycles. The van der Waals surface area contributed by atoms with E-state index in [1.807, 2.05) is 29.8 Å². The first kappa shape index (κ1) is 17.0. The highest BCUT2D eigenvalue weighted by atomic mass is 32.1. The molecule has 1 atom stereocenters. The number of thiophene rings is 1. The number of halogens is 3. The summed E-state index contributed by atoms with van der Waals surface area (Å²) in [6.45, 7) is 2.09. The highest BCUT2D eigenvalue weighted by molar-refractivity contribution is 7.10. The molecule has 4 nitrogen and oxygen atoms in total. The number of anilines is 1. The highest BCUT2D eigenvalue weighted by Crippen LogP contribution is 2.20. The first-order valence-electron chi connectivity index (χ1n) is 6.66. The van der Waals surface area contributed by atoms with Gasteiger partial charge in [-0.15, -0.1) is 11.3 Å². The molecule has 0 fully saturated rings. The van der Waals surface area contributed by atoms with Crippen LogP contribution in [-0.4, -0.2) is 18.4 Å². The Bertz CT molecular complexity index is 720. The molecular weight excluding hydrogens is 329 g/mol. The summed E-state index contributed by atoms with van der Waals surface area (Å²) in [6, 6.07) is 5.27. The number of rotatable bonds is 4. The van der Waals surface area contributed by atoms with Gasteiger partial charge in [0.15, 0.2) is 17.5 Å². The van der Waals surface area contributed by atoms with Gasteiger partial charge in [-0.05, 0) is 23.6 Å². The molecular formula is C15H13F3N2O2S. The van der Waals surface area contributed by atoms with Crippen LogP contribution in [0, 0.1) is 17.5 Å². The van der Waals surface area contributed by atoms with Crippen molar-refractivity contribution in [2.45, 2.75) is 12.8 Å². The molecule has 0 aliphatic heterocycles. The van der Waals surface area contributed by atoms with Gasteiger partial charge in [0.1, 0.15) is 0 Å². The van der Waals surface area contributed by atoms with Crippen molar-refractivity contribution in [1.29, 1.82) is 0 Å². The van der Waals surface area contributed by atoms with Gasteiger partial charge in [0, 0.05) is 17.3 Å². The molecule has 23 heavy (non-hydrogen) atoms. The van der Waals surface area contributed by atoms with Crippen molar-refractivity contribution in [3.63, 3.8) is 0 Å². The first-order chi connectivity index (χ1) is 10.9. The van der Waals surface area contributed by atoms with Crippen LogP contribution in [0.3, 0.4) is 0 Å². The summed E-state index contributed by atoms with van der Waals surface area (Å²) in [7, 11) is 0. The first-order valence-corrected chi connectivity index (χ1v) is 7.54. The van der Waals surface area contributed by atoms with E-state index in [2.05, 4.69) is 5.32 Å². The van der Waals surface area contributed by atoms with Crippen LogP contribution in [0.1, 0.15) is 17.7 Å². The molecule has 0 spiro atoms. The monoisotopic (exact) mass is 342 g/mol. The van der Waals surface area contributed by atoms with Crippen LogP contribution < -0.4 is 10.6 Å². The fourth-order valence-corrected chi connectivity index (χ4v) is 2.59. The summed E-state index contributed by atoms with van der Waals surface area (Å²) in [4.78, 5) is 24.4. The van der Waals surface area contributed by atoms with E-state index in [0.29, 0.717) is 6.07 Å². The quantitative estimate of drug-likeness (QED) is 0.663. The Labute approximate surface area is 134 Å². The topological polar surface area (TPSA) is 58.2 Å². The van der Waals surface area contributed by atoms with Gasteiger partial charge < -0.3 is 10.6 Å². The molecule has 122 valence electrons. The third-order valence-electron chi connectivity index (χ3n) is 3.09. The fraction of sp³-hybridized carbons (Fsp3) is 0.200. The maximum absolute atomic E-state index is 13.4. The van der Waals surface area contributed by atoms with Gasteiger partial charge in [-0.3, -0.25) is 9.59 Å². The van der Waals surface area contributed by atoms with Gasteiger partial charge in [0.2, 0.25) is 0 Å². The molecule has 1 unspecified atom stereocenters. The number of nitrogens with one attached hydrogen (secondary N) is 2. The summed E-state index contributed by atoms with van der Waals surface area (Å²) < 4.78 is 39.3. The zero-order chi connectivity index (χ0) is 17.0. The van der Waals surface area contributed by atoms with Crippen molar-refractivity contribution in [3.8, 4) is 0 Å². The second-order valence-electron chi connectivity index (χ2n) is 4.80. The number of hydrogen-bond donors (Lipinski definition) is 2. The largest absolute Gasteiger partial charge is 0.347 e. The van der Waals surface area contributed by atoms with Crippen LogP contribution >= 0.6 is 11.3 Å². The van der Waals surface area contributed by atoms with Crippen molar-refractivity contribution >= 4 is 28.8 Å². The minimum atomic E-state index is -1.71. The molecule has 0 saturated carbocycles. The molecule has 0 saturated heterocycles. The van der Waals surface area contributed by atoms with Crippen molar-refractivity contribution in [2.24, 2.45) is 0 Å². The molecule has 0 aliphatic rings. The predicted molar refractivity (Wildman–Crippen MR) is 80.7 cm³/mol. The summed E-state index contributed by atoms with van der Waals surface area (Å²) in [5.74, 6) is -6.79. The van der Waals surface area contributed by atoms with Crippen molar-refractivity contribution in [1.82, 2.24) is 5.32 Å². The van der Waals surface area contributed by atoms with E-state index >= 15 is 0 Å². The summed E-state index contributed by atoms with van der Waals surface area (Å²) in [5, 5.41) is 6.20. The maximum atomic E-state index is 13.4. The normalized spacial score (nSPS) is 11.8. The Hall–Kier alpha value is -2.35. The molecule has 8 heteroatoms. The summed E-state index contributed by atoms with van der Waals surface area (Å²) in [5.41, 5.74) is -0.602. The Morgan fingerprint density at radius 2 is 1.87 bits per heavy atom. The maximum Gasteiger partial charge on any atom is 0.313 e. The van der Waals surface area contributed by atoms with E-state index in [0.717, 1.165) is 10.9 Å². The number of benzene rings is 1. The van der Waals surface area contributed by atoms with Gasteiger partial charge >= 0.3 is 11.8 Å². The number of amides is 2. The van der Waals surface area contributed by atoms with Crippen molar-refractivity contribution in [3.05, 3.63) is 52.0 Å². The average Bonchev–Trinajstić information content (AvgIpc) is 3.07. The Balaban J connectivity index is 1.93. The molecule has 0 bridgehead atoms. The molecule has 2 N–H and O–H groups in total. The Kier molecular flexibility index (Phi) is 5.38. The SMILES string of the molecule is CC(CNC(=O)C(=O)Nc1ccc(F)c(F)c1F)c1cccs1. The lowest BCUT2D eigenvalue weighted by atomic mass is 10.1. The second-order valence-corrected chi connectivity index (χ2v) is 5.78. The third kappa shape index (κ3) is 4.10. The lowest BCUT2D eigenvalue weighted by molar-refractivity contribution is -0.136. The smallest absolute Gasteiger partial charge is 0.313 e. The highest BCUT2D eigenvalue weighted by Gasteiger charge is 2.19. The van der Waals surface area contributed by atoms with Gasteiger partial charge in [-0.1, -0.05) is 13.0 Å². The van der Waals surface area contributed by atoms with Crippen molar-refractivity contribution in [2.75, 3.05) is 11.9 Å². The van der Waals surface area contributed by atoms with Gasteiger partial charge in [-0.25, -0.2) is 13.2 Å². The fourth-order valence-electron chi connectivity index (χ4n) is 1.80. The number of hydrogen-bond acceptors (Lipinski definition) is 3. The molecule has 0 radical (unpaired) electrons. The van der Waals surface area contributed by atoms with Crippen LogP contribution in [0.2, 0.25) is 0 Å². The Morgan fingerprint density at radius 1 is 1.13 bits per heavy atom. The summed E-state index contributed by atoms with van der Waals surface area (Å²) >= 11 is 1.52. The van der Waals surface area contributed by atoms with Gasteiger partial charge in [0.05, 0.1) is 5.69 Å². The molecule has 2 amide bonds. The molecule has 1 heterocycles. The van der Waals surface area contributed by atoms with E-state index in [-0.39, 0.29) is 12.5 Å². The van der Waals surface area contributed by atoms with Crippen LogP contribution in [-0.2, 0) is 9.59 Å². The average molecular weight is 342 g/mol. The number of carbonyl (C=O) groups excluding carboxylic acids is 2. The molecule has 0 aliphatic carbocycles. The third-order valence-corrected chi connectivity index (χ3v) is 4.19. The molecule has 1 aromatic carbocycles. The van der Waals surface area contributed by atoms with E-state index in [4.69, 9.17) is 0 Å². The summed E-state index contributed by atoms with van der Waals surface area (Å²) in [6.07, 6.45) is 0. The molecule has 2 rings (SSSR count). The zero-order valence-corrected chi connectivity index (χ0v) is 12.8. The predicted octanol–water partition coefficient (Wildman–Crippen LogP) is 3.02. The van der Waals surface area contributed by atoms with E-state index < -0.39 is 35.0 Å².